The Balaban J connectivity index is 2.79. The third-order valence-electron chi connectivity index (χ3n) is 2.29. The molecule has 0 spiro atoms. The molecule has 0 radical (unpaired) electrons. The second-order valence-corrected chi connectivity index (χ2v) is 3.98. The van der Waals surface area contributed by atoms with E-state index in [4.69, 9.17) is 5.11 Å². The van der Waals surface area contributed by atoms with Crippen molar-refractivity contribution in [3.05, 3.63) is 41.6 Å². The van der Waals surface area contributed by atoms with Crippen molar-refractivity contribution in [3.8, 4) is 0 Å². The molecule has 0 aliphatic carbocycles. The van der Waals surface area contributed by atoms with Crippen LogP contribution in [0.25, 0.3) is 6.08 Å². The van der Waals surface area contributed by atoms with Crippen LogP contribution in [-0.2, 0) is 9.59 Å². The number of amides is 2. The lowest BCUT2D eigenvalue weighted by Crippen LogP contribution is -2.34. The van der Waals surface area contributed by atoms with Crippen LogP contribution in [-0.4, -0.2) is 30.1 Å². The van der Waals surface area contributed by atoms with Crippen LogP contribution in [0.3, 0.4) is 0 Å². The Morgan fingerprint density at radius 2 is 1.95 bits per heavy atom. The van der Waals surface area contributed by atoms with Gasteiger partial charge in [-0.15, -0.1) is 0 Å². The Labute approximate surface area is 112 Å². The number of benzene rings is 1. The minimum atomic E-state index is -0.368. The zero-order valence-electron chi connectivity index (χ0n) is 10.8. The molecular formula is C14H18N2O3. The topological polar surface area (TPSA) is 78.4 Å². The molecule has 0 saturated heterocycles. The highest BCUT2D eigenvalue weighted by Crippen LogP contribution is 2.05. The van der Waals surface area contributed by atoms with Crippen molar-refractivity contribution in [2.45, 2.75) is 13.3 Å². The second-order valence-electron chi connectivity index (χ2n) is 3.98. The van der Waals surface area contributed by atoms with Crippen LogP contribution in [0.15, 0.2) is 36.0 Å². The fraction of sp³-hybridized carbons (Fsp3) is 0.286. The molecule has 0 aliphatic heterocycles. The van der Waals surface area contributed by atoms with Gasteiger partial charge in [0.1, 0.15) is 5.70 Å². The molecule has 0 fully saturated rings. The van der Waals surface area contributed by atoms with E-state index in [2.05, 4.69) is 10.6 Å². The lowest BCUT2D eigenvalue weighted by molar-refractivity contribution is -0.122. The molecular weight excluding hydrogens is 244 g/mol. The summed E-state index contributed by atoms with van der Waals surface area (Å²) in [5.74, 6) is -0.674. The summed E-state index contributed by atoms with van der Waals surface area (Å²) in [5, 5.41) is 13.8. The Bertz CT molecular complexity index is 455. The molecule has 3 N–H and O–H groups in total. The fourth-order valence-corrected chi connectivity index (χ4v) is 1.44. The first-order valence-corrected chi connectivity index (χ1v) is 6.07. The molecule has 0 aromatic heterocycles. The summed E-state index contributed by atoms with van der Waals surface area (Å²) in [4.78, 5) is 23.0. The van der Waals surface area contributed by atoms with Gasteiger partial charge in [-0.25, -0.2) is 0 Å². The van der Waals surface area contributed by atoms with E-state index in [1.807, 2.05) is 30.3 Å². The van der Waals surface area contributed by atoms with Crippen LogP contribution in [0, 0.1) is 0 Å². The Morgan fingerprint density at radius 3 is 2.53 bits per heavy atom. The molecule has 0 aliphatic rings. The highest BCUT2D eigenvalue weighted by atomic mass is 16.3. The SMILES string of the molecule is CC(=O)N/C(=C/c1ccccc1)C(=O)NCCCO. The molecule has 0 heterocycles. The van der Waals surface area contributed by atoms with E-state index >= 15 is 0 Å². The van der Waals surface area contributed by atoms with Gasteiger partial charge in [0.05, 0.1) is 0 Å². The minimum absolute atomic E-state index is 0.0121. The standard InChI is InChI=1S/C14H18N2O3/c1-11(18)16-13(14(19)15-8-5-9-17)10-12-6-3-2-4-7-12/h2-4,6-7,10,17H,5,8-9H2,1H3,(H,15,19)(H,16,18)/b13-10+. The van der Waals surface area contributed by atoms with Gasteiger partial charge in [-0.2, -0.15) is 0 Å². The first-order valence-electron chi connectivity index (χ1n) is 6.07. The number of hydrogen-bond donors (Lipinski definition) is 3. The summed E-state index contributed by atoms with van der Waals surface area (Å²) in [7, 11) is 0. The molecule has 0 atom stereocenters. The van der Waals surface area contributed by atoms with Crippen molar-refractivity contribution in [1.29, 1.82) is 0 Å². The summed E-state index contributed by atoms with van der Waals surface area (Å²) in [6.07, 6.45) is 2.08. The average molecular weight is 262 g/mol. The van der Waals surface area contributed by atoms with Crippen LogP contribution >= 0.6 is 0 Å². The fourth-order valence-electron chi connectivity index (χ4n) is 1.44. The highest BCUT2D eigenvalue weighted by Gasteiger charge is 2.10. The first kappa shape index (κ1) is 14.9. The maximum atomic E-state index is 11.9. The molecule has 0 bridgehead atoms. The number of hydrogen-bond acceptors (Lipinski definition) is 3. The minimum Gasteiger partial charge on any atom is -0.396 e. The van der Waals surface area contributed by atoms with Gasteiger partial charge in [-0.05, 0) is 18.1 Å². The van der Waals surface area contributed by atoms with Crippen LogP contribution in [0.2, 0.25) is 0 Å². The lowest BCUT2D eigenvalue weighted by atomic mass is 10.2. The van der Waals surface area contributed by atoms with Crippen molar-refractivity contribution in [2.75, 3.05) is 13.2 Å². The van der Waals surface area contributed by atoms with E-state index in [9.17, 15) is 9.59 Å². The van der Waals surface area contributed by atoms with Crippen molar-refractivity contribution in [1.82, 2.24) is 10.6 Å². The molecule has 5 nitrogen and oxygen atoms in total. The zero-order chi connectivity index (χ0) is 14.1. The first-order chi connectivity index (χ1) is 9.13. The number of aliphatic hydroxyl groups excluding tert-OH is 1. The molecule has 19 heavy (non-hydrogen) atoms. The van der Waals surface area contributed by atoms with Crippen LogP contribution in [0.5, 0.6) is 0 Å². The van der Waals surface area contributed by atoms with Crippen LogP contribution in [0.1, 0.15) is 18.9 Å². The lowest BCUT2D eigenvalue weighted by Gasteiger charge is -2.09. The van der Waals surface area contributed by atoms with Crippen molar-refractivity contribution >= 4 is 17.9 Å². The monoisotopic (exact) mass is 262 g/mol. The van der Waals surface area contributed by atoms with Gasteiger partial charge in [0, 0.05) is 20.1 Å². The van der Waals surface area contributed by atoms with Crippen LogP contribution in [0.4, 0.5) is 0 Å². The van der Waals surface area contributed by atoms with Crippen LogP contribution < -0.4 is 10.6 Å². The van der Waals surface area contributed by atoms with Gasteiger partial charge < -0.3 is 15.7 Å². The van der Waals surface area contributed by atoms with Gasteiger partial charge in [0.2, 0.25) is 5.91 Å². The average Bonchev–Trinajstić information content (AvgIpc) is 2.39. The summed E-state index contributed by atoms with van der Waals surface area (Å²) < 4.78 is 0. The number of aliphatic hydroxyl groups is 1. The van der Waals surface area contributed by atoms with Gasteiger partial charge in [-0.1, -0.05) is 30.3 Å². The predicted octanol–water partition coefficient (Wildman–Crippen LogP) is 0.662. The second kappa shape index (κ2) is 8.05. The maximum absolute atomic E-state index is 11.9. The van der Waals surface area contributed by atoms with E-state index in [1.165, 1.54) is 6.92 Å². The highest BCUT2D eigenvalue weighted by molar-refractivity contribution is 6.00. The maximum Gasteiger partial charge on any atom is 0.267 e. The third-order valence-corrected chi connectivity index (χ3v) is 2.29. The normalized spacial score (nSPS) is 10.9. The molecule has 2 amide bonds. The van der Waals surface area contributed by atoms with E-state index in [-0.39, 0.29) is 24.1 Å². The molecule has 0 saturated carbocycles. The quantitative estimate of drug-likeness (QED) is 0.520. The molecule has 1 aromatic carbocycles. The van der Waals surface area contributed by atoms with Crippen molar-refractivity contribution in [3.63, 3.8) is 0 Å². The van der Waals surface area contributed by atoms with E-state index in [0.29, 0.717) is 13.0 Å². The predicted molar refractivity (Wildman–Crippen MR) is 72.9 cm³/mol. The molecule has 1 rings (SSSR count). The Kier molecular flexibility index (Phi) is 6.32. The zero-order valence-corrected chi connectivity index (χ0v) is 10.8. The summed E-state index contributed by atoms with van der Waals surface area (Å²) in [6.45, 7) is 1.72. The molecule has 1 aromatic rings. The molecule has 5 heteroatoms. The largest absolute Gasteiger partial charge is 0.396 e. The Morgan fingerprint density at radius 1 is 1.26 bits per heavy atom. The van der Waals surface area contributed by atoms with Gasteiger partial charge in [0.25, 0.3) is 5.91 Å². The number of carbonyl (C=O) groups excluding carboxylic acids is 2. The molecule has 102 valence electrons. The Hall–Kier alpha value is -2.14. The van der Waals surface area contributed by atoms with Crippen molar-refractivity contribution < 1.29 is 14.7 Å². The van der Waals surface area contributed by atoms with E-state index < -0.39 is 0 Å². The third kappa shape index (κ3) is 5.83. The van der Waals surface area contributed by atoms with Gasteiger partial charge in [-0.3, -0.25) is 9.59 Å². The van der Waals surface area contributed by atoms with E-state index in [0.717, 1.165) is 5.56 Å². The van der Waals surface area contributed by atoms with Gasteiger partial charge >= 0.3 is 0 Å². The molecule has 0 unspecified atom stereocenters. The smallest absolute Gasteiger partial charge is 0.267 e. The van der Waals surface area contributed by atoms with Gasteiger partial charge in [0.15, 0.2) is 0 Å². The number of nitrogens with one attached hydrogen (secondary N) is 2. The van der Waals surface area contributed by atoms with E-state index in [1.54, 1.807) is 6.08 Å². The number of rotatable bonds is 6. The summed E-state index contributed by atoms with van der Waals surface area (Å²) in [5.41, 5.74) is 1.01. The summed E-state index contributed by atoms with van der Waals surface area (Å²) in [6, 6.07) is 9.24. The van der Waals surface area contributed by atoms with Crippen molar-refractivity contribution in [2.24, 2.45) is 0 Å². The number of carbonyl (C=O) groups is 2. The summed E-state index contributed by atoms with van der Waals surface area (Å²) >= 11 is 0.